The minimum Gasteiger partial charge on any atom is -0.438 e. The Hall–Kier alpha value is -2.21. The summed E-state index contributed by atoms with van der Waals surface area (Å²) < 4.78 is 17.3. The van der Waals surface area contributed by atoms with Gasteiger partial charge in [-0.1, -0.05) is 87.9 Å². The van der Waals surface area contributed by atoms with Crippen LogP contribution in [0, 0.1) is 0 Å². The van der Waals surface area contributed by atoms with E-state index in [0.717, 1.165) is 12.8 Å². The monoisotopic (exact) mass is 428 g/mol. The van der Waals surface area contributed by atoms with Crippen LogP contribution in [0.3, 0.4) is 0 Å². The van der Waals surface area contributed by atoms with E-state index in [0.29, 0.717) is 17.7 Å². The predicted octanol–water partition coefficient (Wildman–Crippen LogP) is 6.07. The van der Waals surface area contributed by atoms with E-state index >= 15 is 0 Å². The second-order valence-corrected chi connectivity index (χ2v) is 7.74. The second-order valence-electron chi connectivity index (χ2n) is 7.74. The van der Waals surface area contributed by atoms with Crippen molar-refractivity contribution < 1.29 is 24.1 Å². The molecule has 2 rings (SSSR count). The van der Waals surface area contributed by atoms with Crippen LogP contribution in [0.25, 0.3) is 0 Å². The summed E-state index contributed by atoms with van der Waals surface area (Å²) in [6, 6.07) is 15.7. The van der Waals surface area contributed by atoms with Gasteiger partial charge in [0.1, 0.15) is 11.9 Å². The van der Waals surface area contributed by atoms with Gasteiger partial charge >= 0.3 is 5.97 Å². The van der Waals surface area contributed by atoms with Crippen LogP contribution in [0.1, 0.15) is 80.3 Å². The number of unbranched alkanes of at least 4 members (excludes halogenated alkanes) is 6. The summed E-state index contributed by atoms with van der Waals surface area (Å²) in [6.45, 7) is 2.21. The Labute approximate surface area is 186 Å². The number of carbonyl (C=O) groups excluding carboxylic acids is 1. The van der Waals surface area contributed by atoms with Crippen molar-refractivity contribution in [3.05, 3.63) is 65.7 Å². The third-order valence-corrected chi connectivity index (χ3v) is 5.49. The summed E-state index contributed by atoms with van der Waals surface area (Å²) in [5, 5.41) is 10.6. The number of benzene rings is 2. The van der Waals surface area contributed by atoms with Crippen molar-refractivity contribution in [3.8, 4) is 5.75 Å². The zero-order valence-electron chi connectivity index (χ0n) is 19.0. The van der Waals surface area contributed by atoms with E-state index in [9.17, 15) is 9.90 Å². The number of rotatable bonds is 15. The van der Waals surface area contributed by atoms with Crippen molar-refractivity contribution in [1.29, 1.82) is 0 Å². The van der Waals surface area contributed by atoms with Gasteiger partial charge in [-0.25, -0.2) is 0 Å². The maximum absolute atomic E-state index is 13.0. The molecular formula is C26H36O5. The number of Topliss-reactive ketones (excluding diaryl/α,β-unsaturated/α-hetero) is 1. The van der Waals surface area contributed by atoms with E-state index in [2.05, 4.69) is 6.92 Å². The summed E-state index contributed by atoms with van der Waals surface area (Å²) in [6.07, 6.45) is 7.41. The van der Waals surface area contributed by atoms with Gasteiger partial charge in [0.05, 0.1) is 5.56 Å². The minimum atomic E-state index is -1.28. The van der Waals surface area contributed by atoms with Gasteiger partial charge in [-0.3, -0.25) is 4.79 Å². The Morgan fingerprint density at radius 1 is 0.871 bits per heavy atom. The van der Waals surface area contributed by atoms with Gasteiger partial charge in [-0.05, 0) is 24.1 Å². The molecule has 2 aromatic carbocycles. The molecule has 0 aliphatic rings. The normalized spacial score (nSPS) is 12.5. The molecule has 0 spiro atoms. The summed E-state index contributed by atoms with van der Waals surface area (Å²) >= 11 is 0. The van der Waals surface area contributed by atoms with E-state index in [4.69, 9.17) is 14.2 Å². The molecule has 0 aliphatic heterocycles. The van der Waals surface area contributed by atoms with E-state index in [1.54, 1.807) is 48.5 Å². The largest absolute Gasteiger partial charge is 0.438 e. The Balaban J connectivity index is 2.07. The van der Waals surface area contributed by atoms with Gasteiger partial charge in [-0.2, -0.15) is 0 Å². The zero-order chi connectivity index (χ0) is 22.5. The number of ketones is 1. The van der Waals surface area contributed by atoms with E-state index in [1.807, 2.05) is 6.07 Å². The van der Waals surface area contributed by atoms with Crippen molar-refractivity contribution >= 4 is 5.78 Å². The molecule has 31 heavy (non-hydrogen) atoms. The van der Waals surface area contributed by atoms with Crippen molar-refractivity contribution in [2.45, 2.75) is 70.4 Å². The Morgan fingerprint density at radius 3 is 2.10 bits per heavy atom. The lowest BCUT2D eigenvalue weighted by Crippen LogP contribution is -2.40. The lowest BCUT2D eigenvalue weighted by molar-refractivity contribution is -0.325. The number of hydrogen-bond donors (Lipinski definition) is 1. The lowest BCUT2D eigenvalue weighted by Gasteiger charge is -2.31. The van der Waals surface area contributed by atoms with Gasteiger partial charge in [-0.15, -0.1) is 0 Å². The summed E-state index contributed by atoms with van der Waals surface area (Å²) in [5.74, 6) is -1.38. The first-order valence-corrected chi connectivity index (χ1v) is 11.2. The molecule has 0 bridgehead atoms. The smallest absolute Gasteiger partial charge is 0.326 e. The van der Waals surface area contributed by atoms with Gasteiger partial charge in [0.2, 0.25) is 0 Å². The number of methoxy groups -OCH3 is 2. The first-order valence-electron chi connectivity index (χ1n) is 11.2. The van der Waals surface area contributed by atoms with E-state index in [-0.39, 0.29) is 5.56 Å². The van der Waals surface area contributed by atoms with Gasteiger partial charge in [0.15, 0.2) is 5.78 Å². The highest BCUT2D eigenvalue weighted by atomic mass is 16.9. The van der Waals surface area contributed by atoms with Crippen molar-refractivity contribution in [2.75, 3.05) is 14.2 Å². The molecule has 0 aromatic heterocycles. The molecule has 0 amide bonds. The number of ether oxygens (including phenoxy) is 3. The predicted molar refractivity (Wildman–Crippen MR) is 122 cm³/mol. The highest BCUT2D eigenvalue weighted by molar-refractivity contribution is 6.02. The van der Waals surface area contributed by atoms with E-state index < -0.39 is 17.9 Å². The molecule has 1 unspecified atom stereocenters. The number of para-hydroxylation sites is 1. The first kappa shape index (κ1) is 25.1. The fourth-order valence-corrected chi connectivity index (χ4v) is 3.58. The molecule has 1 N–H and O–H groups in total. The van der Waals surface area contributed by atoms with Gasteiger partial charge < -0.3 is 19.3 Å². The van der Waals surface area contributed by atoms with Crippen LogP contribution in [0.5, 0.6) is 5.75 Å². The average molecular weight is 429 g/mol. The van der Waals surface area contributed by atoms with Crippen LogP contribution in [-0.4, -0.2) is 31.1 Å². The van der Waals surface area contributed by atoms with Crippen LogP contribution in [-0.2, 0) is 9.47 Å². The molecule has 0 aliphatic carbocycles. The van der Waals surface area contributed by atoms with Crippen molar-refractivity contribution in [2.24, 2.45) is 0 Å². The van der Waals surface area contributed by atoms with Crippen LogP contribution < -0.4 is 4.74 Å². The molecular weight excluding hydrogens is 392 g/mol. The van der Waals surface area contributed by atoms with E-state index in [1.165, 1.54) is 46.3 Å². The molecule has 0 saturated heterocycles. The van der Waals surface area contributed by atoms with Crippen LogP contribution >= 0.6 is 0 Å². The van der Waals surface area contributed by atoms with Crippen LogP contribution in [0.15, 0.2) is 54.6 Å². The molecule has 0 radical (unpaired) electrons. The standard InChI is InChI=1S/C26H36O5/c1-4-5-6-7-8-9-15-20-26(29-2,30-3)31-23-19-14-13-18-22(23)25(28)24(27)21-16-11-10-12-17-21/h10-14,16-19,24,27H,4-9,15,20H2,1-3H3. The number of carbonyl (C=O) groups is 1. The summed E-state index contributed by atoms with van der Waals surface area (Å²) in [7, 11) is 3.07. The molecule has 0 heterocycles. The highest BCUT2D eigenvalue weighted by Gasteiger charge is 2.34. The lowest BCUT2D eigenvalue weighted by atomic mass is 9.99. The van der Waals surface area contributed by atoms with Gasteiger partial charge in [0, 0.05) is 20.6 Å². The fraction of sp³-hybridized carbons (Fsp3) is 0.500. The zero-order valence-corrected chi connectivity index (χ0v) is 19.0. The molecule has 2 aromatic rings. The minimum absolute atomic E-state index is 0.289. The third-order valence-electron chi connectivity index (χ3n) is 5.49. The molecule has 0 fully saturated rings. The number of aliphatic hydroxyl groups is 1. The number of aliphatic hydroxyl groups excluding tert-OH is 1. The quantitative estimate of drug-likeness (QED) is 0.212. The third kappa shape index (κ3) is 7.46. The molecule has 5 heteroatoms. The maximum atomic E-state index is 13.0. The summed E-state index contributed by atoms with van der Waals surface area (Å²) in [4.78, 5) is 13.0. The second kappa shape index (κ2) is 13.3. The van der Waals surface area contributed by atoms with Crippen LogP contribution in [0.2, 0.25) is 0 Å². The topological polar surface area (TPSA) is 65.0 Å². The Bertz CT molecular complexity index is 770. The molecule has 1 atom stereocenters. The number of hydrogen-bond acceptors (Lipinski definition) is 5. The van der Waals surface area contributed by atoms with Crippen LogP contribution in [0.4, 0.5) is 0 Å². The Kier molecular flexibility index (Phi) is 10.7. The van der Waals surface area contributed by atoms with Crippen molar-refractivity contribution in [1.82, 2.24) is 0 Å². The van der Waals surface area contributed by atoms with Crippen molar-refractivity contribution in [3.63, 3.8) is 0 Å². The fourth-order valence-electron chi connectivity index (χ4n) is 3.58. The molecule has 0 saturated carbocycles. The summed E-state index contributed by atoms with van der Waals surface area (Å²) in [5.41, 5.74) is 0.826. The maximum Gasteiger partial charge on any atom is 0.326 e. The molecule has 170 valence electrons. The molecule has 5 nitrogen and oxygen atoms in total. The SMILES string of the molecule is CCCCCCCCCC(OC)(OC)Oc1ccccc1C(=O)C(O)c1ccccc1. The first-order chi connectivity index (χ1) is 15.1. The average Bonchev–Trinajstić information content (AvgIpc) is 2.82. The Morgan fingerprint density at radius 2 is 1.45 bits per heavy atom. The van der Waals surface area contributed by atoms with Gasteiger partial charge in [0.25, 0.3) is 0 Å². The highest BCUT2D eigenvalue weighted by Crippen LogP contribution is 2.31.